The van der Waals surface area contributed by atoms with E-state index in [1.807, 2.05) is 36.0 Å². The minimum Gasteiger partial charge on any atom is -0.366 e. The van der Waals surface area contributed by atoms with Crippen molar-refractivity contribution in [2.24, 2.45) is 5.73 Å². The highest BCUT2D eigenvalue weighted by atomic mass is 32.2. The molecule has 1 aliphatic carbocycles. The number of amides is 2. The van der Waals surface area contributed by atoms with Gasteiger partial charge in [0.25, 0.3) is 5.91 Å². The van der Waals surface area contributed by atoms with E-state index >= 15 is 0 Å². The predicted molar refractivity (Wildman–Crippen MR) is 97.5 cm³/mol. The molecule has 1 fully saturated rings. The van der Waals surface area contributed by atoms with E-state index in [1.54, 1.807) is 18.2 Å². The van der Waals surface area contributed by atoms with Gasteiger partial charge in [0.15, 0.2) is 0 Å². The summed E-state index contributed by atoms with van der Waals surface area (Å²) in [4.78, 5) is 24.7. The fourth-order valence-electron chi connectivity index (χ4n) is 2.83. The van der Waals surface area contributed by atoms with Gasteiger partial charge in [-0.25, -0.2) is 0 Å². The Balaban J connectivity index is 1.63. The maximum Gasteiger partial charge on any atom is 0.255 e. The number of carbonyl (C=O) groups excluding carboxylic acids is 2. The van der Waals surface area contributed by atoms with Gasteiger partial charge in [0.05, 0.1) is 0 Å². The molecule has 0 spiro atoms. The van der Waals surface area contributed by atoms with Crippen molar-refractivity contribution >= 4 is 29.3 Å². The Morgan fingerprint density at radius 1 is 1.00 bits per heavy atom. The second-order valence-corrected chi connectivity index (χ2v) is 7.32. The van der Waals surface area contributed by atoms with Crippen LogP contribution >= 0.6 is 11.8 Å². The third-order valence-electron chi connectivity index (χ3n) is 4.13. The third-order valence-corrected chi connectivity index (χ3v) is 5.48. The molecule has 5 heteroatoms. The number of thioether (sulfide) groups is 1. The number of carbonyl (C=O) groups is 2. The number of hydrogen-bond acceptors (Lipinski definition) is 3. The third kappa shape index (κ3) is 4.17. The first-order valence-electron chi connectivity index (χ1n) is 8.10. The van der Waals surface area contributed by atoms with Crippen molar-refractivity contribution in [3.05, 3.63) is 59.7 Å². The minimum atomic E-state index is -0.544. The highest BCUT2D eigenvalue weighted by molar-refractivity contribution is 8.00. The van der Waals surface area contributed by atoms with E-state index in [1.165, 1.54) is 36.6 Å². The van der Waals surface area contributed by atoms with Crippen molar-refractivity contribution in [3.8, 4) is 0 Å². The SMILES string of the molecule is NC(=O)c1cccc(C(=O)Nc2ccc(SC3CCCC3)cc2)c1. The molecule has 4 nitrogen and oxygen atoms in total. The number of primary amides is 1. The summed E-state index contributed by atoms with van der Waals surface area (Å²) in [5, 5.41) is 3.57. The molecule has 0 radical (unpaired) electrons. The molecule has 0 aliphatic heterocycles. The molecule has 0 bridgehead atoms. The Morgan fingerprint density at radius 3 is 2.33 bits per heavy atom. The molecule has 2 aromatic carbocycles. The number of nitrogens with two attached hydrogens (primary N) is 1. The first-order valence-corrected chi connectivity index (χ1v) is 8.98. The Labute approximate surface area is 145 Å². The van der Waals surface area contributed by atoms with Crippen molar-refractivity contribution in [1.29, 1.82) is 0 Å². The summed E-state index contributed by atoms with van der Waals surface area (Å²) in [6.45, 7) is 0. The normalized spacial score (nSPS) is 14.5. The van der Waals surface area contributed by atoms with Crippen molar-refractivity contribution < 1.29 is 9.59 Å². The van der Waals surface area contributed by atoms with Crippen LogP contribution in [-0.4, -0.2) is 17.1 Å². The molecule has 1 saturated carbocycles. The van der Waals surface area contributed by atoms with Crippen LogP contribution in [0.4, 0.5) is 5.69 Å². The highest BCUT2D eigenvalue weighted by Gasteiger charge is 2.16. The van der Waals surface area contributed by atoms with E-state index in [0.29, 0.717) is 11.1 Å². The summed E-state index contributed by atoms with van der Waals surface area (Å²) >= 11 is 1.92. The van der Waals surface area contributed by atoms with Gasteiger partial charge in [-0.2, -0.15) is 0 Å². The van der Waals surface area contributed by atoms with Crippen LogP contribution in [0.25, 0.3) is 0 Å². The standard InChI is InChI=1S/C19H20N2O2S/c20-18(22)13-4-3-5-14(12-13)19(23)21-15-8-10-17(11-9-15)24-16-6-1-2-7-16/h3-5,8-12,16H,1-2,6-7H2,(H2,20,22)(H,21,23). The first-order chi connectivity index (χ1) is 11.6. The lowest BCUT2D eigenvalue weighted by Gasteiger charge is -2.10. The van der Waals surface area contributed by atoms with E-state index in [0.717, 1.165) is 10.9 Å². The summed E-state index contributed by atoms with van der Waals surface area (Å²) in [5.74, 6) is -0.799. The summed E-state index contributed by atoms with van der Waals surface area (Å²) in [7, 11) is 0. The Hall–Kier alpha value is -2.27. The molecular weight excluding hydrogens is 320 g/mol. The van der Waals surface area contributed by atoms with Gasteiger partial charge in [0.2, 0.25) is 5.91 Å². The van der Waals surface area contributed by atoms with E-state index in [-0.39, 0.29) is 5.91 Å². The monoisotopic (exact) mass is 340 g/mol. The molecule has 24 heavy (non-hydrogen) atoms. The molecule has 2 amide bonds. The highest BCUT2D eigenvalue weighted by Crippen LogP contribution is 2.34. The number of hydrogen-bond donors (Lipinski definition) is 2. The van der Waals surface area contributed by atoms with Crippen LogP contribution in [0.15, 0.2) is 53.4 Å². The van der Waals surface area contributed by atoms with Crippen molar-refractivity contribution in [2.45, 2.75) is 35.8 Å². The maximum atomic E-state index is 12.3. The molecule has 0 aromatic heterocycles. The molecule has 0 heterocycles. The van der Waals surface area contributed by atoms with Crippen LogP contribution in [0.2, 0.25) is 0 Å². The van der Waals surface area contributed by atoms with Gasteiger partial charge in [0, 0.05) is 27.0 Å². The second kappa shape index (κ2) is 7.53. The Kier molecular flexibility index (Phi) is 5.20. The van der Waals surface area contributed by atoms with Crippen LogP contribution in [0, 0.1) is 0 Å². The van der Waals surface area contributed by atoms with Gasteiger partial charge in [0.1, 0.15) is 0 Å². The second-order valence-electron chi connectivity index (χ2n) is 5.95. The number of benzene rings is 2. The zero-order valence-corrected chi connectivity index (χ0v) is 14.1. The molecule has 2 aromatic rings. The van der Waals surface area contributed by atoms with Gasteiger partial charge >= 0.3 is 0 Å². The maximum absolute atomic E-state index is 12.3. The van der Waals surface area contributed by atoms with E-state index in [9.17, 15) is 9.59 Å². The summed E-state index contributed by atoms with van der Waals surface area (Å²) in [6, 6.07) is 14.3. The van der Waals surface area contributed by atoms with Crippen LogP contribution in [0.5, 0.6) is 0 Å². The molecular formula is C19H20N2O2S. The molecule has 0 unspecified atom stereocenters. The van der Waals surface area contributed by atoms with E-state index in [2.05, 4.69) is 5.32 Å². The van der Waals surface area contributed by atoms with Gasteiger partial charge in [-0.1, -0.05) is 18.9 Å². The summed E-state index contributed by atoms with van der Waals surface area (Å²) in [5.41, 5.74) is 6.72. The fourth-order valence-corrected chi connectivity index (χ4v) is 4.08. The van der Waals surface area contributed by atoms with Gasteiger partial charge in [-0.05, 0) is 55.3 Å². The smallest absolute Gasteiger partial charge is 0.255 e. The number of anilines is 1. The van der Waals surface area contributed by atoms with Crippen LogP contribution in [0.1, 0.15) is 46.4 Å². The molecule has 1 aliphatic rings. The van der Waals surface area contributed by atoms with E-state index < -0.39 is 5.91 Å². The first kappa shape index (κ1) is 16.6. The molecule has 0 atom stereocenters. The number of rotatable bonds is 5. The van der Waals surface area contributed by atoms with Crippen molar-refractivity contribution in [2.75, 3.05) is 5.32 Å². The average molecular weight is 340 g/mol. The largest absolute Gasteiger partial charge is 0.366 e. The lowest BCUT2D eigenvalue weighted by atomic mass is 10.1. The average Bonchev–Trinajstić information content (AvgIpc) is 3.10. The van der Waals surface area contributed by atoms with E-state index in [4.69, 9.17) is 5.73 Å². The topological polar surface area (TPSA) is 72.2 Å². The zero-order valence-electron chi connectivity index (χ0n) is 13.3. The Morgan fingerprint density at radius 2 is 1.67 bits per heavy atom. The minimum absolute atomic E-state index is 0.255. The zero-order chi connectivity index (χ0) is 16.9. The Bertz CT molecular complexity index is 737. The molecule has 0 saturated heterocycles. The van der Waals surface area contributed by atoms with Crippen molar-refractivity contribution in [3.63, 3.8) is 0 Å². The van der Waals surface area contributed by atoms with Gasteiger partial charge in [-0.15, -0.1) is 11.8 Å². The van der Waals surface area contributed by atoms with Gasteiger partial charge < -0.3 is 11.1 Å². The quantitative estimate of drug-likeness (QED) is 0.861. The summed E-state index contributed by atoms with van der Waals surface area (Å²) in [6.07, 6.45) is 5.24. The lowest BCUT2D eigenvalue weighted by molar-refractivity contribution is 0.1000. The molecule has 124 valence electrons. The predicted octanol–water partition coefficient (Wildman–Crippen LogP) is 4.07. The van der Waals surface area contributed by atoms with Crippen LogP contribution < -0.4 is 11.1 Å². The number of nitrogens with one attached hydrogen (secondary N) is 1. The van der Waals surface area contributed by atoms with Crippen LogP contribution in [-0.2, 0) is 0 Å². The molecule has 3 N–H and O–H groups in total. The lowest BCUT2D eigenvalue weighted by Crippen LogP contribution is -2.15. The van der Waals surface area contributed by atoms with Crippen LogP contribution in [0.3, 0.4) is 0 Å². The molecule has 3 rings (SSSR count). The fraction of sp³-hybridized carbons (Fsp3) is 0.263. The van der Waals surface area contributed by atoms with Crippen molar-refractivity contribution in [1.82, 2.24) is 0 Å². The summed E-state index contributed by atoms with van der Waals surface area (Å²) < 4.78 is 0. The van der Waals surface area contributed by atoms with Gasteiger partial charge in [-0.3, -0.25) is 9.59 Å².